The molecule has 0 aliphatic rings. The fourth-order valence-corrected chi connectivity index (χ4v) is 7.70. The number of aromatic nitrogens is 3. The topological polar surface area (TPSA) is 57.0 Å². The van der Waals surface area contributed by atoms with E-state index in [4.69, 9.17) is 18.8 Å². The summed E-state index contributed by atoms with van der Waals surface area (Å²) in [6.07, 6.45) is 0. The zero-order chi connectivity index (χ0) is 36.3. The van der Waals surface area contributed by atoms with Crippen molar-refractivity contribution in [3.8, 4) is 62.0 Å². The number of fused-ring (bicyclic) bond motifs is 5. The lowest BCUT2D eigenvalue weighted by molar-refractivity contribution is 0.619. The van der Waals surface area contributed by atoms with Crippen LogP contribution in [0.2, 0.25) is 0 Å². The van der Waals surface area contributed by atoms with Crippen molar-refractivity contribution in [3.63, 3.8) is 0 Å². The molecule has 11 rings (SSSR count). The largest absolute Gasteiger partial charge is 0.436 e. The zero-order valence-electron chi connectivity index (χ0n) is 29.6. The predicted octanol–water partition coefficient (Wildman–Crippen LogP) is 13.4. The van der Waals surface area contributed by atoms with Crippen molar-refractivity contribution in [2.75, 3.05) is 0 Å². The molecule has 0 aliphatic carbocycles. The highest BCUT2D eigenvalue weighted by molar-refractivity contribution is 6.11. The van der Waals surface area contributed by atoms with Gasteiger partial charge in [-0.1, -0.05) is 103 Å². The Kier molecular flexibility index (Phi) is 7.10. The first-order valence-electron chi connectivity index (χ1n) is 18.4. The summed E-state index contributed by atoms with van der Waals surface area (Å²) in [4.78, 5) is 9.40. The molecule has 0 bridgehead atoms. The minimum atomic E-state index is 0.624. The standard InChI is InChI=1S/C50H31N3O2/c1-2-8-32(9-3-1)33-22-26-40(27-23-33)53-45-28-24-38(34-14-18-36(19-15-34)49-51-43-10-4-6-12-47(43)54-49)30-41(45)42-31-39(25-29-46(42)53)35-16-20-37(21-17-35)50-52-44-11-5-7-13-48(44)55-50/h1-31H. The number of oxazole rings is 2. The Hall–Kier alpha value is -7.50. The van der Waals surface area contributed by atoms with Gasteiger partial charge in [0.1, 0.15) is 11.0 Å². The molecule has 258 valence electrons. The van der Waals surface area contributed by atoms with Crippen LogP contribution in [0, 0.1) is 0 Å². The molecule has 0 atom stereocenters. The second kappa shape index (κ2) is 12.6. The lowest BCUT2D eigenvalue weighted by Crippen LogP contribution is -1.94. The van der Waals surface area contributed by atoms with Crippen LogP contribution in [0.5, 0.6) is 0 Å². The third kappa shape index (κ3) is 5.41. The van der Waals surface area contributed by atoms with E-state index in [2.05, 4.69) is 144 Å². The smallest absolute Gasteiger partial charge is 0.227 e. The number of benzene rings is 8. The van der Waals surface area contributed by atoms with E-state index in [9.17, 15) is 0 Å². The van der Waals surface area contributed by atoms with E-state index in [0.717, 1.165) is 72.3 Å². The van der Waals surface area contributed by atoms with E-state index in [1.54, 1.807) is 0 Å². The molecule has 0 radical (unpaired) electrons. The lowest BCUT2D eigenvalue weighted by Gasteiger charge is -2.10. The molecular weight excluding hydrogens is 675 g/mol. The van der Waals surface area contributed by atoms with Crippen LogP contribution in [0.1, 0.15) is 0 Å². The van der Waals surface area contributed by atoms with Crippen molar-refractivity contribution in [1.29, 1.82) is 0 Å². The molecule has 3 aromatic heterocycles. The summed E-state index contributed by atoms with van der Waals surface area (Å²) in [5.74, 6) is 1.25. The Morgan fingerprint density at radius 1 is 0.327 bits per heavy atom. The predicted molar refractivity (Wildman–Crippen MR) is 223 cm³/mol. The maximum absolute atomic E-state index is 6.05. The fraction of sp³-hybridized carbons (Fsp3) is 0. The molecule has 55 heavy (non-hydrogen) atoms. The van der Waals surface area contributed by atoms with Gasteiger partial charge in [-0.05, 0) is 118 Å². The lowest BCUT2D eigenvalue weighted by atomic mass is 9.99. The van der Waals surface area contributed by atoms with Crippen LogP contribution in [-0.4, -0.2) is 14.5 Å². The van der Waals surface area contributed by atoms with Crippen molar-refractivity contribution in [2.45, 2.75) is 0 Å². The summed E-state index contributed by atoms with van der Waals surface area (Å²) in [5.41, 5.74) is 15.5. The Balaban J connectivity index is 1.01. The number of hydrogen-bond donors (Lipinski definition) is 0. The van der Waals surface area contributed by atoms with Crippen LogP contribution < -0.4 is 0 Å². The van der Waals surface area contributed by atoms with Gasteiger partial charge in [-0.25, -0.2) is 9.97 Å². The van der Waals surface area contributed by atoms with Gasteiger partial charge in [-0.3, -0.25) is 0 Å². The van der Waals surface area contributed by atoms with E-state index in [1.807, 2.05) is 48.5 Å². The van der Waals surface area contributed by atoms with Crippen LogP contribution in [0.3, 0.4) is 0 Å². The number of hydrogen-bond acceptors (Lipinski definition) is 4. The van der Waals surface area contributed by atoms with Crippen molar-refractivity contribution in [3.05, 3.63) is 188 Å². The highest BCUT2D eigenvalue weighted by Gasteiger charge is 2.16. The molecule has 11 aromatic rings. The second-order valence-corrected chi connectivity index (χ2v) is 13.8. The van der Waals surface area contributed by atoms with E-state index in [0.29, 0.717) is 11.8 Å². The number of nitrogens with zero attached hydrogens (tertiary/aromatic N) is 3. The Morgan fingerprint density at radius 2 is 0.709 bits per heavy atom. The maximum Gasteiger partial charge on any atom is 0.227 e. The summed E-state index contributed by atoms with van der Waals surface area (Å²) in [5, 5.41) is 2.38. The molecule has 8 aromatic carbocycles. The Bertz CT molecular complexity index is 2930. The second-order valence-electron chi connectivity index (χ2n) is 13.8. The molecule has 3 heterocycles. The van der Waals surface area contributed by atoms with Gasteiger partial charge in [0.2, 0.25) is 11.8 Å². The Morgan fingerprint density at radius 3 is 1.20 bits per heavy atom. The molecule has 5 heteroatoms. The quantitative estimate of drug-likeness (QED) is 0.173. The number of rotatable bonds is 6. The highest BCUT2D eigenvalue weighted by atomic mass is 16.4. The van der Waals surface area contributed by atoms with Gasteiger partial charge in [0.15, 0.2) is 11.2 Å². The van der Waals surface area contributed by atoms with Crippen molar-refractivity contribution >= 4 is 44.0 Å². The van der Waals surface area contributed by atoms with Gasteiger partial charge >= 0.3 is 0 Å². The summed E-state index contributed by atoms with van der Waals surface area (Å²) in [6, 6.07) is 65.6. The molecule has 0 aliphatic heterocycles. The van der Waals surface area contributed by atoms with E-state index in [1.165, 1.54) is 21.9 Å². The molecule has 0 fully saturated rings. The van der Waals surface area contributed by atoms with E-state index >= 15 is 0 Å². The molecule has 0 unspecified atom stereocenters. The molecule has 0 saturated carbocycles. The van der Waals surface area contributed by atoms with Crippen LogP contribution >= 0.6 is 0 Å². The van der Waals surface area contributed by atoms with Gasteiger partial charge in [0.25, 0.3) is 0 Å². The summed E-state index contributed by atoms with van der Waals surface area (Å²) in [7, 11) is 0. The molecular formula is C50H31N3O2. The first-order valence-corrected chi connectivity index (χ1v) is 18.4. The summed E-state index contributed by atoms with van der Waals surface area (Å²) < 4.78 is 14.5. The van der Waals surface area contributed by atoms with Gasteiger partial charge in [-0.15, -0.1) is 0 Å². The normalized spacial score (nSPS) is 11.6. The van der Waals surface area contributed by atoms with Gasteiger partial charge in [0.05, 0.1) is 11.0 Å². The van der Waals surface area contributed by atoms with Crippen molar-refractivity contribution in [2.24, 2.45) is 0 Å². The fourth-order valence-electron chi connectivity index (χ4n) is 7.70. The average molecular weight is 706 g/mol. The first-order chi connectivity index (χ1) is 27.2. The monoisotopic (exact) mass is 705 g/mol. The van der Waals surface area contributed by atoms with Crippen molar-refractivity contribution in [1.82, 2.24) is 14.5 Å². The van der Waals surface area contributed by atoms with Crippen LogP contribution in [0.15, 0.2) is 197 Å². The first kappa shape index (κ1) is 31.1. The van der Waals surface area contributed by atoms with Gasteiger partial charge in [-0.2, -0.15) is 0 Å². The highest BCUT2D eigenvalue weighted by Crippen LogP contribution is 2.38. The zero-order valence-corrected chi connectivity index (χ0v) is 29.6. The Labute approximate surface area is 316 Å². The minimum Gasteiger partial charge on any atom is -0.436 e. The third-order valence-corrected chi connectivity index (χ3v) is 10.5. The molecule has 0 amide bonds. The molecule has 5 nitrogen and oxygen atoms in total. The molecule has 0 N–H and O–H groups in total. The van der Waals surface area contributed by atoms with Crippen molar-refractivity contribution < 1.29 is 8.83 Å². The maximum atomic E-state index is 6.05. The summed E-state index contributed by atoms with van der Waals surface area (Å²) >= 11 is 0. The van der Waals surface area contributed by atoms with Crippen LogP contribution in [0.4, 0.5) is 0 Å². The number of para-hydroxylation sites is 4. The van der Waals surface area contributed by atoms with E-state index < -0.39 is 0 Å². The van der Waals surface area contributed by atoms with Gasteiger partial charge in [0, 0.05) is 27.6 Å². The SMILES string of the molecule is c1ccc(-c2ccc(-n3c4ccc(-c5ccc(-c6nc7ccccc7o6)cc5)cc4c4cc(-c5ccc(-c6nc7ccccc7o6)cc5)ccc43)cc2)cc1. The van der Waals surface area contributed by atoms with Crippen LogP contribution in [-0.2, 0) is 0 Å². The van der Waals surface area contributed by atoms with Crippen LogP contribution in [0.25, 0.3) is 106 Å². The molecule has 0 spiro atoms. The summed E-state index contributed by atoms with van der Waals surface area (Å²) in [6.45, 7) is 0. The minimum absolute atomic E-state index is 0.624. The average Bonchev–Trinajstić information content (AvgIpc) is 3.98. The third-order valence-electron chi connectivity index (χ3n) is 10.5. The van der Waals surface area contributed by atoms with E-state index in [-0.39, 0.29) is 0 Å². The molecule has 0 saturated heterocycles. The van der Waals surface area contributed by atoms with Gasteiger partial charge < -0.3 is 13.4 Å².